The molecular formula is C14H14N2O2S. The van der Waals surface area contributed by atoms with Crippen LogP contribution in [0.4, 0.5) is 0 Å². The summed E-state index contributed by atoms with van der Waals surface area (Å²) >= 11 is 1.66. The molecule has 1 aliphatic carbocycles. The van der Waals surface area contributed by atoms with Crippen molar-refractivity contribution < 1.29 is 9.84 Å². The number of methoxy groups -OCH3 is 1. The second-order valence-electron chi connectivity index (χ2n) is 5.15. The second kappa shape index (κ2) is 3.71. The van der Waals surface area contributed by atoms with Gasteiger partial charge in [0.15, 0.2) is 4.96 Å². The zero-order chi connectivity index (χ0) is 13.0. The SMILES string of the molecule is COc1ccc2c(c1)sc1nc(C3(CO)CC3)cn12. The lowest BCUT2D eigenvalue weighted by atomic mass is 10.1. The molecule has 2 aromatic heterocycles. The fourth-order valence-electron chi connectivity index (χ4n) is 2.51. The van der Waals surface area contributed by atoms with Crippen molar-refractivity contribution in [2.24, 2.45) is 0 Å². The number of hydrogen-bond donors (Lipinski definition) is 1. The number of aromatic nitrogens is 2. The summed E-state index contributed by atoms with van der Waals surface area (Å²) < 4.78 is 8.53. The predicted molar refractivity (Wildman–Crippen MR) is 75.1 cm³/mol. The van der Waals surface area contributed by atoms with Crippen molar-refractivity contribution in [1.82, 2.24) is 9.38 Å². The fraction of sp³-hybridized carbons (Fsp3) is 0.357. The van der Waals surface area contributed by atoms with E-state index in [2.05, 4.69) is 16.7 Å². The van der Waals surface area contributed by atoms with Crippen molar-refractivity contribution in [2.75, 3.05) is 13.7 Å². The Labute approximate surface area is 114 Å². The van der Waals surface area contributed by atoms with E-state index in [-0.39, 0.29) is 12.0 Å². The van der Waals surface area contributed by atoms with Gasteiger partial charge in [0.2, 0.25) is 0 Å². The molecule has 0 spiro atoms. The van der Waals surface area contributed by atoms with Crippen LogP contribution in [0.5, 0.6) is 5.75 Å². The number of aliphatic hydroxyl groups excluding tert-OH is 1. The zero-order valence-electron chi connectivity index (χ0n) is 10.6. The Bertz CT molecular complexity index is 770. The van der Waals surface area contributed by atoms with Gasteiger partial charge in [0.1, 0.15) is 5.75 Å². The predicted octanol–water partition coefficient (Wildman–Crippen LogP) is 2.58. The number of benzene rings is 1. The molecular weight excluding hydrogens is 260 g/mol. The molecule has 0 atom stereocenters. The van der Waals surface area contributed by atoms with Crippen molar-refractivity contribution in [3.63, 3.8) is 0 Å². The second-order valence-corrected chi connectivity index (χ2v) is 6.16. The first-order valence-corrected chi connectivity index (χ1v) is 7.14. The van der Waals surface area contributed by atoms with Crippen molar-refractivity contribution >= 4 is 26.5 Å². The van der Waals surface area contributed by atoms with Gasteiger partial charge in [-0.05, 0) is 31.0 Å². The molecule has 1 aromatic carbocycles. The molecule has 0 bridgehead atoms. The van der Waals surface area contributed by atoms with Crippen LogP contribution in [0.1, 0.15) is 18.5 Å². The number of hydrogen-bond acceptors (Lipinski definition) is 4. The summed E-state index contributed by atoms with van der Waals surface area (Å²) in [5.74, 6) is 0.867. The summed E-state index contributed by atoms with van der Waals surface area (Å²) in [6.45, 7) is 0.198. The van der Waals surface area contributed by atoms with Gasteiger partial charge in [-0.15, -0.1) is 0 Å². The molecule has 4 rings (SSSR count). The standard InChI is InChI=1S/C14H14N2O2S/c1-18-9-2-3-10-11(6-9)19-13-15-12(7-16(10)13)14(8-17)4-5-14/h2-3,6-7,17H,4-5,8H2,1H3. The zero-order valence-corrected chi connectivity index (χ0v) is 11.4. The molecule has 19 heavy (non-hydrogen) atoms. The first kappa shape index (κ1) is 11.3. The van der Waals surface area contributed by atoms with Crippen LogP contribution in [0.3, 0.4) is 0 Å². The van der Waals surface area contributed by atoms with E-state index < -0.39 is 0 Å². The molecule has 0 aliphatic heterocycles. The van der Waals surface area contributed by atoms with Crippen molar-refractivity contribution in [2.45, 2.75) is 18.3 Å². The van der Waals surface area contributed by atoms with Gasteiger partial charge in [-0.1, -0.05) is 11.3 Å². The van der Waals surface area contributed by atoms with Gasteiger partial charge >= 0.3 is 0 Å². The lowest BCUT2D eigenvalue weighted by molar-refractivity contribution is 0.253. The molecule has 98 valence electrons. The molecule has 1 saturated carbocycles. The Morgan fingerprint density at radius 1 is 1.47 bits per heavy atom. The van der Waals surface area contributed by atoms with Gasteiger partial charge in [0, 0.05) is 11.6 Å². The summed E-state index contributed by atoms with van der Waals surface area (Å²) in [4.78, 5) is 5.68. The number of imidazole rings is 1. The third kappa shape index (κ3) is 1.52. The Balaban J connectivity index is 1.91. The van der Waals surface area contributed by atoms with E-state index in [0.717, 1.165) is 34.8 Å². The van der Waals surface area contributed by atoms with Gasteiger partial charge < -0.3 is 9.84 Å². The van der Waals surface area contributed by atoms with E-state index in [1.54, 1.807) is 18.4 Å². The third-order valence-corrected chi connectivity index (χ3v) is 5.02. The van der Waals surface area contributed by atoms with E-state index in [9.17, 15) is 5.11 Å². The monoisotopic (exact) mass is 274 g/mol. The van der Waals surface area contributed by atoms with Gasteiger partial charge in [-0.3, -0.25) is 4.40 Å². The number of rotatable bonds is 3. The fourth-order valence-corrected chi connectivity index (χ4v) is 3.55. The molecule has 5 heteroatoms. The minimum atomic E-state index is -0.0649. The maximum Gasteiger partial charge on any atom is 0.194 e. The number of fused-ring (bicyclic) bond motifs is 3. The van der Waals surface area contributed by atoms with Gasteiger partial charge in [-0.2, -0.15) is 0 Å². The Morgan fingerprint density at radius 2 is 2.32 bits per heavy atom. The van der Waals surface area contributed by atoms with Crippen molar-refractivity contribution in [3.8, 4) is 5.75 Å². The molecule has 4 nitrogen and oxygen atoms in total. The topological polar surface area (TPSA) is 46.8 Å². The highest BCUT2D eigenvalue weighted by Gasteiger charge is 2.46. The van der Waals surface area contributed by atoms with E-state index in [0.29, 0.717) is 0 Å². The molecule has 0 saturated heterocycles. The van der Waals surface area contributed by atoms with Crippen molar-refractivity contribution in [1.29, 1.82) is 0 Å². The van der Waals surface area contributed by atoms with Crippen LogP contribution in [-0.2, 0) is 5.41 Å². The maximum atomic E-state index is 9.49. The number of nitrogens with zero attached hydrogens (tertiary/aromatic N) is 2. The van der Waals surface area contributed by atoms with Crippen LogP contribution < -0.4 is 4.74 Å². The number of thiazole rings is 1. The van der Waals surface area contributed by atoms with E-state index in [1.165, 1.54) is 4.70 Å². The first-order valence-electron chi connectivity index (χ1n) is 6.33. The van der Waals surface area contributed by atoms with Crippen LogP contribution in [0.2, 0.25) is 0 Å². The van der Waals surface area contributed by atoms with Gasteiger partial charge in [0.25, 0.3) is 0 Å². The summed E-state index contributed by atoms with van der Waals surface area (Å²) in [6.07, 6.45) is 4.16. The molecule has 3 aromatic rings. The molecule has 1 fully saturated rings. The number of aliphatic hydroxyl groups is 1. The molecule has 0 amide bonds. The Hall–Kier alpha value is -1.59. The third-order valence-electron chi connectivity index (χ3n) is 4.00. The lowest BCUT2D eigenvalue weighted by Gasteiger charge is -2.06. The first-order chi connectivity index (χ1) is 9.25. The summed E-state index contributed by atoms with van der Waals surface area (Å²) in [5.41, 5.74) is 2.11. The molecule has 2 heterocycles. The average Bonchev–Trinajstić information content (AvgIpc) is 3.02. The van der Waals surface area contributed by atoms with Crippen LogP contribution in [-0.4, -0.2) is 28.2 Å². The summed E-state index contributed by atoms with van der Waals surface area (Å²) in [7, 11) is 1.68. The minimum absolute atomic E-state index is 0.0649. The number of ether oxygens (including phenoxy) is 1. The van der Waals surface area contributed by atoms with E-state index in [4.69, 9.17) is 9.72 Å². The maximum absolute atomic E-state index is 9.49. The smallest absolute Gasteiger partial charge is 0.194 e. The van der Waals surface area contributed by atoms with Crippen molar-refractivity contribution in [3.05, 3.63) is 30.1 Å². The van der Waals surface area contributed by atoms with Crippen LogP contribution >= 0.6 is 11.3 Å². The van der Waals surface area contributed by atoms with Crippen LogP contribution in [0.15, 0.2) is 24.4 Å². The van der Waals surface area contributed by atoms with E-state index in [1.807, 2.05) is 12.1 Å². The summed E-state index contributed by atoms with van der Waals surface area (Å²) in [6, 6.07) is 6.06. The largest absolute Gasteiger partial charge is 0.497 e. The van der Waals surface area contributed by atoms with Crippen LogP contribution in [0, 0.1) is 0 Å². The quantitative estimate of drug-likeness (QED) is 0.798. The van der Waals surface area contributed by atoms with Gasteiger partial charge in [0.05, 0.1) is 29.6 Å². The highest BCUT2D eigenvalue weighted by molar-refractivity contribution is 7.23. The molecule has 0 unspecified atom stereocenters. The van der Waals surface area contributed by atoms with Crippen LogP contribution in [0.25, 0.3) is 15.2 Å². The lowest BCUT2D eigenvalue weighted by Crippen LogP contribution is -2.11. The molecule has 1 aliphatic rings. The van der Waals surface area contributed by atoms with Gasteiger partial charge in [-0.25, -0.2) is 4.98 Å². The summed E-state index contributed by atoms with van der Waals surface area (Å²) in [5, 5.41) is 9.49. The Morgan fingerprint density at radius 3 is 3.00 bits per heavy atom. The van der Waals surface area contributed by atoms with E-state index >= 15 is 0 Å². The highest BCUT2D eigenvalue weighted by atomic mass is 32.1. The average molecular weight is 274 g/mol. The minimum Gasteiger partial charge on any atom is -0.497 e. The highest BCUT2D eigenvalue weighted by Crippen LogP contribution is 2.47. The normalized spacial score (nSPS) is 17.2. The molecule has 0 radical (unpaired) electrons. The molecule has 1 N–H and O–H groups in total. The Kier molecular flexibility index (Phi) is 2.20.